The molecule has 2 unspecified atom stereocenters. The Balaban J connectivity index is 1.65. The minimum Gasteiger partial charge on any atom is -0.493 e. The molecular formula is C22H30N2O3. The van der Waals surface area contributed by atoms with E-state index in [1.165, 1.54) is 16.7 Å². The van der Waals surface area contributed by atoms with E-state index in [4.69, 9.17) is 4.74 Å². The summed E-state index contributed by atoms with van der Waals surface area (Å²) >= 11 is 0. The van der Waals surface area contributed by atoms with Gasteiger partial charge < -0.3 is 4.74 Å². The first-order valence-corrected chi connectivity index (χ1v) is 9.72. The molecule has 2 atom stereocenters. The highest BCUT2D eigenvalue weighted by molar-refractivity contribution is 6.00. The number of rotatable bonds is 5. The topological polar surface area (TPSA) is 58.6 Å². The van der Waals surface area contributed by atoms with Crippen LogP contribution in [0.25, 0.3) is 0 Å². The van der Waals surface area contributed by atoms with Gasteiger partial charge in [-0.2, -0.15) is 0 Å². The standard InChI is InChI=1S/C22H30N2O3/c1-14(27-22(3,4)5)6-7-16-8-9-18-15(2)24(13-17(18)12-16)19-10-11-20(25)23-21(19)26/h8-9,12,15,19H,1,6-7,10-11,13H2,2-5H3,(H,23,25,26). The Hall–Kier alpha value is -2.14. The van der Waals surface area contributed by atoms with Crippen molar-refractivity contribution in [1.82, 2.24) is 10.2 Å². The van der Waals surface area contributed by atoms with Crippen molar-refractivity contribution >= 4 is 11.8 Å². The fourth-order valence-corrected chi connectivity index (χ4v) is 4.02. The number of nitrogens with one attached hydrogen (secondary N) is 1. The zero-order valence-corrected chi connectivity index (χ0v) is 16.8. The van der Waals surface area contributed by atoms with E-state index in [2.05, 4.69) is 41.9 Å². The summed E-state index contributed by atoms with van der Waals surface area (Å²) in [5, 5.41) is 2.47. The number of hydrogen-bond donors (Lipinski definition) is 1. The molecule has 0 radical (unpaired) electrons. The lowest BCUT2D eigenvalue weighted by molar-refractivity contribution is -0.138. The Kier molecular flexibility index (Phi) is 5.43. The molecule has 0 aromatic heterocycles. The van der Waals surface area contributed by atoms with Gasteiger partial charge in [0.25, 0.3) is 0 Å². The quantitative estimate of drug-likeness (QED) is 0.635. The van der Waals surface area contributed by atoms with Crippen LogP contribution in [-0.2, 0) is 27.3 Å². The van der Waals surface area contributed by atoms with Crippen LogP contribution in [0.3, 0.4) is 0 Å². The summed E-state index contributed by atoms with van der Waals surface area (Å²) in [6.07, 6.45) is 2.69. The lowest BCUT2D eigenvalue weighted by Gasteiger charge is -2.32. The maximum Gasteiger partial charge on any atom is 0.243 e. The van der Waals surface area contributed by atoms with Crippen molar-refractivity contribution in [3.05, 3.63) is 47.2 Å². The third-order valence-corrected chi connectivity index (χ3v) is 5.26. The fraction of sp³-hybridized carbons (Fsp3) is 0.545. The van der Waals surface area contributed by atoms with Crippen molar-refractivity contribution in [2.75, 3.05) is 0 Å². The van der Waals surface area contributed by atoms with Gasteiger partial charge in [-0.1, -0.05) is 24.8 Å². The number of carbonyl (C=O) groups excluding carboxylic acids is 2. The molecule has 2 heterocycles. The number of allylic oxidation sites excluding steroid dienone is 1. The lowest BCUT2D eigenvalue weighted by Crippen LogP contribution is -2.51. The molecule has 3 rings (SSSR count). The van der Waals surface area contributed by atoms with Crippen LogP contribution in [0.5, 0.6) is 0 Å². The van der Waals surface area contributed by atoms with Crippen LogP contribution >= 0.6 is 0 Å². The molecule has 1 fully saturated rings. The number of piperidine rings is 1. The second-order valence-corrected chi connectivity index (χ2v) is 8.60. The molecule has 2 aliphatic heterocycles. The van der Waals surface area contributed by atoms with Gasteiger partial charge >= 0.3 is 0 Å². The highest BCUT2D eigenvalue weighted by atomic mass is 16.5. The van der Waals surface area contributed by atoms with E-state index < -0.39 is 0 Å². The lowest BCUT2D eigenvalue weighted by atomic mass is 10.00. The van der Waals surface area contributed by atoms with E-state index in [0.29, 0.717) is 12.8 Å². The van der Waals surface area contributed by atoms with Gasteiger partial charge in [0.1, 0.15) is 5.60 Å². The van der Waals surface area contributed by atoms with Crippen LogP contribution < -0.4 is 5.32 Å². The van der Waals surface area contributed by atoms with E-state index in [-0.39, 0.29) is 29.5 Å². The Morgan fingerprint density at radius 2 is 2.07 bits per heavy atom. The third-order valence-electron chi connectivity index (χ3n) is 5.26. The Morgan fingerprint density at radius 1 is 1.33 bits per heavy atom. The number of carbonyl (C=O) groups is 2. The largest absolute Gasteiger partial charge is 0.493 e. The SMILES string of the molecule is C=C(CCc1ccc2c(c1)CN(C1CCC(=O)NC1=O)C2C)OC(C)(C)C. The van der Waals surface area contributed by atoms with Gasteiger partial charge in [0.05, 0.1) is 11.8 Å². The zero-order valence-electron chi connectivity index (χ0n) is 16.8. The van der Waals surface area contributed by atoms with Gasteiger partial charge in [-0.05, 0) is 57.2 Å². The summed E-state index contributed by atoms with van der Waals surface area (Å²) in [6.45, 7) is 13.0. The van der Waals surface area contributed by atoms with Gasteiger partial charge in [0.2, 0.25) is 11.8 Å². The van der Waals surface area contributed by atoms with Crippen molar-refractivity contribution < 1.29 is 14.3 Å². The van der Waals surface area contributed by atoms with Gasteiger partial charge in [-0.3, -0.25) is 19.8 Å². The van der Waals surface area contributed by atoms with Gasteiger partial charge in [0, 0.05) is 25.4 Å². The summed E-state index contributed by atoms with van der Waals surface area (Å²) in [6, 6.07) is 6.52. The maximum atomic E-state index is 12.2. The van der Waals surface area contributed by atoms with Crippen molar-refractivity contribution in [2.45, 2.75) is 77.6 Å². The number of aryl methyl sites for hydroxylation is 1. The first-order valence-electron chi connectivity index (χ1n) is 9.72. The molecule has 1 N–H and O–H groups in total. The second-order valence-electron chi connectivity index (χ2n) is 8.60. The van der Waals surface area contributed by atoms with Crippen molar-refractivity contribution in [1.29, 1.82) is 0 Å². The molecule has 1 aromatic rings. The Morgan fingerprint density at radius 3 is 2.74 bits per heavy atom. The Bertz CT molecular complexity index is 763. The average molecular weight is 370 g/mol. The summed E-state index contributed by atoms with van der Waals surface area (Å²) < 4.78 is 5.81. The summed E-state index contributed by atoms with van der Waals surface area (Å²) in [4.78, 5) is 25.9. The number of nitrogens with zero attached hydrogens (tertiary/aromatic N) is 1. The maximum absolute atomic E-state index is 12.2. The molecule has 0 bridgehead atoms. The minimum atomic E-state index is -0.228. The van der Waals surface area contributed by atoms with Crippen LogP contribution in [0, 0.1) is 0 Å². The summed E-state index contributed by atoms with van der Waals surface area (Å²) in [5.74, 6) is 0.476. The molecule has 1 saturated heterocycles. The number of fused-ring (bicyclic) bond motifs is 1. The first-order chi connectivity index (χ1) is 12.6. The number of ether oxygens (including phenoxy) is 1. The van der Waals surface area contributed by atoms with Gasteiger partial charge in [0.15, 0.2) is 0 Å². The smallest absolute Gasteiger partial charge is 0.243 e. The van der Waals surface area contributed by atoms with Crippen molar-refractivity contribution in [2.24, 2.45) is 0 Å². The molecule has 0 spiro atoms. The highest BCUT2D eigenvalue weighted by Gasteiger charge is 2.38. The second kappa shape index (κ2) is 7.47. The molecule has 5 heteroatoms. The summed E-state index contributed by atoms with van der Waals surface area (Å²) in [5.41, 5.74) is 3.58. The van der Waals surface area contributed by atoms with Crippen molar-refractivity contribution in [3.63, 3.8) is 0 Å². The highest BCUT2D eigenvalue weighted by Crippen LogP contribution is 2.37. The van der Waals surface area contributed by atoms with Crippen LogP contribution in [0.1, 0.15) is 69.7 Å². The predicted molar refractivity (Wildman–Crippen MR) is 105 cm³/mol. The van der Waals surface area contributed by atoms with E-state index in [0.717, 1.165) is 25.1 Å². The van der Waals surface area contributed by atoms with Gasteiger partial charge in [-0.25, -0.2) is 0 Å². The molecule has 1 aromatic carbocycles. The third kappa shape index (κ3) is 4.59. The normalized spacial score (nSPS) is 23.1. The van der Waals surface area contributed by atoms with Gasteiger partial charge in [-0.15, -0.1) is 0 Å². The molecule has 0 saturated carbocycles. The number of amides is 2. The van der Waals surface area contributed by atoms with Crippen LogP contribution in [0.4, 0.5) is 0 Å². The summed E-state index contributed by atoms with van der Waals surface area (Å²) in [7, 11) is 0. The average Bonchev–Trinajstić information content (AvgIpc) is 2.88. The van der Waals surface area contributed by atoms with Crippen LogP contribution in [-0.4, -0.2) is 28.4 Å². The predicted octanol–water partition coefficient (Wildman–Crippen LogP) is 3.63. The van der Waals surface area contributed by atoms with Crippen LogP contribution in [0.15, 0.2) is 30.5 Å². The number of benzene rings is 1. The number of imide groups is 1. The fourth-order valence-electron chi connectivity index (χ4n) is 4.02. The zero-order chi connectivity index (χ0) is 19.8. The van der Waals surface area contributed by atoms with E-state index >= 15 is 0 Å². The molecule has 27 heavy (non-hydrogen) atoms. The van der Waals surface area contributed by atoms with E-state index in [9.17, 15) is 9.59 Å². The minimum absolute atomic E-state index is 0.165. The Labute approximate surface area is 161 Å². The first kappa shape index (κ1) is 19.6. The monoisotopic (exact) mass is 370 g/mol. The molecular weight excluding hydrogens is 340 g/mol. The van der Waals surface area contributed by atoms with E-state index in [1.807, 2.05) is 20.8 Å². The molecule has 2 amide bonds. The number of hydrogen-bond acceptors (Lipinski definition) is 4. The molecule has 5 nitrogen and oxygen atoms in total. The molecule has 0 aliphatic carbocycles. The molecule has 2 aliphatic rings. The van der Waals surface area contributed by atoms with E-state index in [1.54, 1.807) is 0 Å². The van der Waals surface area contributed by atoms with Crippen LogP contribution in [0.2, 0.25) is 0 Å². The molecule has 146 valence electrons. The van der Waals surface area contributed by atoms with Crippen molar-refractivity contribution in [3.8, 4) is 0 Å².